The lowest BCUT2D eigenvalue weighted by Gasteiger charge is -2.36. The minimum atomic E-state index is -0.719. The van der Waals surface area contributed by atoms with Gasteiger partial charge in [-0.2, -0.15) is 0 Å². The van der Waals surface area contributed by atoms with Crippen molar-refractivity contribution >= 4 is 17.7 Å². The maximum atomic E-state index is 13.4. The number of rotatable bonds is 9. The third kappa shape index (κ3) is 6.82. The predicted molar refractivity (Wildman–Crippen MR) is 133 cm³/mol. The molecule has 182 valence electrons. The molecule has 0 aliphatic carbocycles. The number of aryl methyl sites for hydroxylation is 1. The molecule has 1 aliphatic rings. The van der Waals surface area contributed by atoms with E-state index in [0.29, 0.717) is 39.0 Å². The highest BCUT2D eigenvalue weighted by Gasteiger charge is 2.30. The molecule has 7 heteroatoms. The lowest BCUT2D eigenvalue weighted by atomic mass is 10.0. The van der Waals surface area contributed by atoms with Crippen molar-refractivity contribution in [1.82, 2.24) is 15.1 Å². The van der Waals surface area contributed by atoms with Gasteiger partial charge in [0.25, 0.3) is 5.91 Å². The first-order chi connectivity index (χ1) is 17.1. The summed E-state index contributed by atoms with van der Waals surface area (Å²) in [7, 11) is 0. The maximum Gasteiger partial charge on any atom is 0.287 e. The predicted octanol–water partition coefficient (Wildman–Crippen LogP) is 3.31. The Balaban J connectivity index is 1.31. The highest BCUT2D eigenvalue weighted by atomic mass is 16.3. The Morgan fingerprint density at radius 2 is 1.43 bits per heavy atom. The molecule has 1 saturated heterocycles. The number of hydrogen-bond acceptors (Lipinski definition) is 4. The van der Waals surface area contributed by atoms with Crippen LogP contribution in [0.5, 0.6) is 0 Å². The van der Waals surface area contributed by atoms with Crippen LogP contribution in [0.25, 0.3) is 0 Å². The van der Waals surface area contributed by atoms with Gasteiger partial charge in [0.2, 0.25) is 11.8 Å². The zero-order valence-corrected chi connectivity index (χ0v) is 19.8. The highest BCUT2D eigenvalue weighted by molar-refractivity contribution is 5.95. The molecule has 0 saturated carbocycles. The second-order valence-corrected chi connectivity index (χ2v) is 8.74. The van der Waals surface area contributed by atoms with Crippen molar-refractivity contribution in [1.29, 1.82) is 0 Å². The molecule has 1 fully saturated rings. The molecule has 0 spiro atoms. The standard InChI is InChI=1S/C28H31N3O4/c32-26(15-7-13-22-9-3-1-4-10-22)30-16-18-31(19-17-30)28(34)24(21-23-11-5-2-6-12-23)29-27(33)25-14-8-20-35-25/h1-6,8-12,14,20,24H,7,13,15-19,21H2,(H,29,33). The van der Waals surface area contributed by atoms with E-state index >= 15 is 0 Å². The van der Waals surface area contributed by atoms with Crippen LogP contribution in [0.2, 0.25) is 0 Å². The van der Waals surface area contributed by atoms with E-state index in [1.807, 2.05) is 53.4 Å². The largest absolute Gasteiger partial charge is 0.459 e. The average molecular weight is 474 g/mol. The summed E-state index contributed by atoms with van der Waals surface area (Å²) in [5.74, 6) is -0.275. The molecule has 2 aromatic carbocycles. The molecule has 2 heterocycles. The van der Waals surface area contributed by atoms with Crippen LogP contribution in [0.4, 0.5) is 0 Å². The van der Waals surface area contributed by atoms with Crippen LogP contribution in [0.1, 0.15) is 34.5 Å². The van der Waals surface area contributed by atoms with Crippen molar-refractivity contribution in [3.05, 3.63) is 95.9 Å². The van der Waals surface area contributed by atoms with E-state index in [2.05, 4.69) is 17.4 Å². The van der Waals surface area contributed by atoms with Crippen LogP contribution in [-0.4, -0.2) is 59.7 Å². The lowest BCUT2D eigenvalue weighted by Crippen LogP contribution is -2.56. The number of amides is 3. The fourth-order valence-corrected chi connectivity index (χ4v) is 4.33. The monoisotopic (exact) mass is 473 g/mol. The number of benzene rings is 2. The van der Waals surface area contributed by atoms with Gasteiger partial charge in [0.15, 0.2) is 5.76 Å². The molecular weight excluding hydrogens is 442 g/mol. The number of nitrogens with one attached hydrogen (secondary N) is 1. The molecule has 1 unspecified atom stereocenters. The Kier molecular flexibility index (Phi) is 8.33. The van der Waals surface area contributed by atoms with Gasteiger partial charge < -0.3 is 19.5 Å². The Morgan fingerprint density at radius 1 is 0.800 bits per heavy atom. The molecule has 7 nitrogen and oxygen atoms in total. The number of hydrogen-bond donors (Lipinski definition) is 1. The molecule has 1 atom stereocenters. The van der Waals surface area contributed by atoms with E-state index in [-0.39, 0.29) is 17.6 Å². The normalized spacial score (nSPS) is 14.4. The fourth-order valence-electron chi connectivity index (χ4n) is 4.33. The van der Waals surface area contributed by atoms with Crippen molar-refractivity contribution in [3.63, 3.8) is 0 Å². The molecule has 4 rings (SSSR count). The van der Waals surface area contributed by atoms with Gasteiger partial charge in [-0.1, -0.05) is 60.7 Å². The second kappa shape index (κ2) is 12.0. The smallest absolute Gasteiger partial charge is 0.287 e. The zero-order chi connectivity index (χ0) is 24.5. The molecule has 0 bridgehead atoms. The first kappa shape index (κ1) is 24.3. The number of piperazine rings is 1. The summed E-state index contributed by atoms with van der Waals surface area (Å²) in [6.45, 7) is 1.90. The van der Waals surface area contributed by atoms with Crippen molar-refractivity contribution in [2.24, 2.45) is 0 Å². The van der Waals surface area contributed by atoms with Crippen LogP contribution in [-0.2, 0) is 22.4 Å². The quantitative estimate of drug-likeness (QED) is 0.517. The fraction of sp³-hybridized carbons (Fsp3) is 0.321. The van der Waals surface area contributed by atoms with Gasteiger partial charge in [-0.25, -0.2) is 0 Å². The SMILES string of the molecule is O=C(NC(Cc1ccccc1)C(=O)N1CCN(C(=O)CCCc2ccccc2)CC1)c1ccco1. The van der Waals surface area contributed by atoms with Crippen molar-refractivity contribution in [2.45, 2.75) is 31.7 Å². The zero-order valence-electron chi connectivity index (χ0n) is 19.8. The summed E-state index contributed by atoms with van der Waals surface area (Å²) in [5.41, 5.74) is 2.19. The lowest BCUT2D eigenvalue weighted by molar-refractivity contribution is -0.140. The summed E-state index contributed by atoms with van der Waals surface area (Å²) in [4.78, 5) is 42.2. The Morgan fingerprint density at radius 3 is 2.06 bits per heavy atom. The Labute approximate surface area is 205 Å². The summed E-state index contributed by atoms with van der Waals surface area (Å²) in [6.07, 6.45) is 3.99. The van der Waals surface area contributed by atoms with Crippen LogP contribution in [0, 0.1) is 0 Å². The van der Waals surface area contributed by atoms with E-state index in [1.165, 1.54) is 11.8 Å². The average Bonchev–Trinajstić information content (AvgIpc) is 3.45. The van der Waals surface area contributed by atoms with Crippen molar-refractivity contribution in [3.8, 4) is 0 Å². The highest BCUT2D eigenvalue weighted by Crippen LogP contribution is 2.13. The van der Waals surface area contributed by atoms with Gasteiger partial charge >= 0.3 is 0 Å². The second-order valence-electron chi connectivity index (χ2n) is 8.74. The van der Waals surface area contributed by atoms with Crippen LogP contribution >= 0.6 is 0 Å². The van der Waals surface area contributed by atoms with Gasteiger partial charge in [0.05, 0.1) is 6.26 Å². The third-order valence-corrected chi connectivity index (χ3v) is 6.27. The molecule has 35 heavy (non-hydrogen) atoms. The summed E-state index contributed by atoms with van der Waals surface area (Å²) >= 11 is 0. The van der Waals surface area contributed by atoms with Gasteiger partial charge in [0.1, 0.15) is 6.04 Å². The Bertz CT molecular complexity index is 1090. The maximum absolute atomic E-state index is 13.4. The van der Waals surface area contributed by atoms with Gasteiger partial charge in [-0.15, -0.1) is 0 Å². The molecule has 1 aromatic heterocycles. The minimum Gasteiger partial charge on any atom is -0.459 e. The number of furan rings is 1. The molecule has 1 aliphatic heterocycles. The number of carbonyl (C=O) groups excluding carboxylic acids is 3. The van der Waals surface area contributed by atoms with Crippen LogP contribution in [0.15, 0.2) is 83.5 Å². The van der Waals surface area contributed by atoms with Gasteiger partial charge in [0, 0.05) is 39.0 Å². The summed E-state index contributed by atoms with van der Waals surface area (Å²) in [5, 5.41) is 2.84. The van der Waals surface area contributed by atoms with Gasteiger partial charge in [-0.3, -0.25) is 14.4 Å². The molecule has 3 amide bonds. The first-order valence-corrected chi connectivity index (χ1v) is 12.1. The van der Waals surface area contributed by atoms with Crippen molar-refractivity contribution < 1.29 is 18.8 Å². The van der Waals surface area contributed by atoms with E-state index in [0.717, 1.165) is 18.4 Å². The first-order valence-electron chi connectivity index (χ1n) is 12.1. The molecule has 0 radical (unpaired) electrons. The number of nitrogens with zero attached hydrogens (tertiary/aromatic N) is 2. The Hall–Kier alpha value is -3.87. The topological polar surface area (TPSA) is 82.9 Å². The third-order valence-electron chi connectivity index (χ3n) is 6.27. The van der Waals surface area contributed by atoms with E-state index in [1.54, 1.807) is 17.0 Å². The molecule has 3 aromatic rings. The van der Waals surface area contributed by atoms with Crippen molar-refractivity contribution in [2.75, 3.05) is 26.2 Å². The van der Waals surface area contributed by atoms with E-state index in [9.17, 15) is 14.4 Å². The summed E-state index contributed by atoms with van der Waals surface area (Å²) in [6, 6.07) is 22.3. The van der Waals surface area contributed by atoms with Gasteiger partial charge in [-0.05, 0) is 36.1 Å². The number of carbonyl (C=O) groups is 3. The van der Waals surface area contributed by atoms with E-state index in [4.69, 9.17) is 4.42 Å². The summed E-state index contributed by atoms with van der Waals surface area (Å²) < 4.78 is 5.19. The van der Waals surface area contributed by atoms with E-state index < -0.39 is 11.9 Å². The molecular formula is C28H31N3O4. The minimum absolute atomic E-state index is 0.125. The molecule has 1 N–H and O–H groups in total. The van der Waals surface area contributed by atoms with Crippen LogP contribution < -0.4 is 5.32 Å². The van der Waals surface area contributed by atoms with Crippen LogP contribution in [0.3, 0.4) is 0 Å².